The molecule has 0 spiro atoms. The van der Waals surface area contributed by atoms with Crippen LogP contribution in [0.3, 0.4) is 0 Å². The standard InChI is InChI=1S/C28H28ClN3O2S/c1-28(2)19-35-27(30-18-20-11-5-3-6-12-20)32(28)25(33)17-24(21-13-7-4-8-14-21)31-26(34)22-15-9-10-16-23(22)29/h3-16,24H,17-19H2,1-2H3,(H,31,34)/t24-/m0/s1. The maximum Gasteiger partial charge on any atom is 0.253 e. The Morgan fingerprint density at radius 1 is 1.00 bits per heavy atom. The predicted octanol–water partition coefficient (Wildman–Crippen LogP) is 6.11. The summed E-state index contributed by atoms with van der Waals surface area (Å²) >= 11 is 7.84. The number of hydrogen-bond donors (Lipinski definition) is 1. The predicted molar refractivity (Wildman–Crippen MR) is 144 cm³/mol. The molecule has 0 radical (unpaired) electrons. The zero-order valence-corrected chi connectivity index (χ0v) is 21.4. The minimum atomic E-state index is -0.510. The molecule has 1 atom stereocenters. The molecule has 4 rings (SSSR count). The van der Waals surface area contributed by atoms with E-state index in [1.54, 1.807) is 40.9 Å². The smallest absolute Gasteiger partial charge is 0.253 e. The topological polar surface area (TPSA) is 61.8 Å². The third-order valence-electron chi connectivity index (χ3n) is 5.84. The summed E-state index contributed by atoms with van der Waals surface area (Å²) in [5.74, 6) is 0.361. The zero-order chi connectivity index (χ0) is 24.8. The van der Waals surface area contributed by atoms with E-state index in [-0.39, 0.29) is 23.8 Å². The van der Waals surface area contributed by atoms with E-state index in [0.29, 0.717) is 22.3 Å². The second-order valence-electron chi connectivity index (χ2n) is 9.04. The van der Waals surface area contributed by atoms with Crippen molar-refractivity contribution in [3.8, 4) is 0 Å². The molecule has 2 amide bonds. The Kier molecular flexibility index (Phi) is 7.93. The third kappa shape index (κ3) is 6.13. The number of amides is 2. The lowest BCUT2D eigenvalue weighted by Gasteiger charge is -2.32. The van der Waals surface area contributed by atoms with Crippen LogP contribution in [0, 0.1) is 0 Å². The summed E-state index contributed by atoms with van der Waals surface area (Å²) in [4.78, 5) is 33.3. The lowest BCUT2D eigenvalue weighted by atomic mass is 10.00. The van der Waals surface area contributed by atoms with Gasteiger partial charge in [0.15, 0.2) is 5.17 Å². The summed E-state index contributed by atoms with van der Waals surface area (Å²) in [5, 5.41) is 4.11. The molecule has 1 fully saturated rings. The second-order valence-corrected chi connectivity index (χ2v) is 10.4. The lowest BCUT2D eigenvalue weighted by molar-refractivity contribution is -0.130. The molecule has 180 valence electrons. The first-order chi connectivity index (χ1) is 16.8. The van der Waals surface area contributed by atoms with Crippen LogP contribution in [0.25, 0.3) is 0 Å². The van der Waals surface area contributed by atoms with Crippen LogP contribution < -0.4 is 5.32 Å². The van der Waals surface area contributed by atoms with Crippen LogP contribution in [0.2, 0.25) is 5.02 Å². The first-order valence-electron chi connectivity index (χ1n) is 11.5. The summed E-state index contributed by atoms with van der Waals surface area (Å²) in [5.41, 5.74) is 1.94. The molecule has 1 N–H and O–H groups in total. The van der Waals surface area contributed by atoms with Crippen molar-refractivity contribution in [2.45, 2.75) is 38.4 Å². The maximum atomic E-state index is 13.7. The number of halogens is 1. The van der Waals surface area contributed by atoms with Gasteiger partial charge in [0, 0.05) is 5.75 Å². The maximum absolute atomic E-state index is 13.7. The van der Waals surface area contributed by atoms with Gasteiger partial charge in [-0.05, 0) is 37.1 Å². The monoisotopic (exact) mass is 505 g/mol. The average Bonchev–Trinajstić information content (AvgIpc) is 3.17. The van der Waals surface area contributed by atoms with E-state index in [0.717, 1.165) is 16.9 Å². The van der Waals surface area contributed by atoms with E-state index < -0.39 is 6.04 Å². The van der Waals surface area contributed by atoms with Crippen LogP contribution in [-0.4, -0.2) is 33.2 Å². The minimum absolute atomic E-state index is 0.0832. The summed E-state index contributed by atoms with van der Waals surface area (Å²) in [7, 11) is 0. The Labute approximate surface area is 215 Å². The van der Waals surface area contributed by atoms with Gasteiger partial charge in [0.05, 0.1) is 35.1 Å². The van der Waals surface area contributed by atoms with Gasteiger partial charge in [0.25, 0.3) is 5.91 Å². The Morgan fingerprint density at radius 2 is 1.63 bits per heavy atom. The molecule has 0 aliphatic carbocycles. The van der Waals surface area contributed by atoms with Gasteiger partial charge in [-0.1, -0.05) is 96.2 Å². The molecule has 1 aliphatic heterocycles. The first-order valence-corrected chi connectivity index (χ1v) is 12.9. The van der Waals surface area contributed by atoms with Crippen molar-refractivity contribution in [1.82, 2.24) is 10.2 Å². The van der Waals surface area contributed by atoms with E-state index in [4.69, 9.17) is 16.6 Å². The molecule has 35 heavy (non-hydrogen) atoms. The normalized spacial score (nSPS) is 16.8. The highest BCUT2D eigenvalue weighted by Gasteiger charge is 2.41. The van der Waals surface area contributed by atoms with Gasteiger partial charge in [-0.2, -0.15) is 0 Å². The van der Waals surface area contributed by atoms with Crippen LogP contribution in [0.4, 0.5) is 0 Å². The van der Waals surface area contributed by atoms with Gasteiger partial charge in [0.2, 0.25) is 5.91 Å². The van der Waals surface area contributed by atoms with Crippen molar-refractivity contribution >= 4 is 40.3 Å². The molecule has 1 aliphatic rings. The lowest BCUT2D eigenvalue weighted by Crippen LogP contribution is -2.47. The van der Waals surface area contributed by atoms with E-state index in [1.165, 1.54) is 0 Å². The largest absolute Gasteiger partial charge is 0.345 e. The molecule has 3 aromatic carbocycles. The highest BCUT2D eigenvalue weighted by Crippen LogP contribution is 2.35. The third-order valence-corrected chi connectivity index (χ3v) is 7.59. The number of rotatable bonds is 7. The van der Waals surface area contributed by atoms with Gasteiger partial charge in [-0.3, -0.25) is 19.5 Å². The number of nitrogens with zero attached hydrogens (tertiary/aromatic N) is 2. The van der Waals surface area contributed by atoms with E-state index in [1.807, 2.05) is 74.5 Å². The quantitative estimate of drug-likeness (QED) is 0.421. The number of nitrogens with one attached hydrogen (secondary N) is 1. The van der Waals surface area contributed by atoms with Crippen molar-refractivity contribution in [3.05, 3.63) is 107 Å². The van der Waals surface area contributed by atoms with Crippen LogP contribution in [0.1, 0.15) is 47.8 Å². The Balaban J connectivity index is 1.57. The van der Waals surface area contributed by atoms with Crippen molar-refractivity contribution < 1.29 is 9.59 Å². The molecule has 5 nitrogen and oxygen atoms in total. The molecule has 0 bridgehead atoms. The van der Waals surface area contributed by atoms with Gasteiger partial charge in [0.1, 0.15) is 0 Å². The first kappa shape index (κ1) is 25.0. The van der Waals surface area contributed by atoms with E-state index >= 15 is 0 Å². The minimum Gasteiger partial charge on any atom is -0.345 e. The zero-order valence-electron chi connectivity index (χ0n) is 19.8. The molecule has 0 aromatic heterocycles. The van der Waals surface area contributed by atoms with Crippen molar-refractivity contribution in [2.24, 2.45) is 4.99 Å². The molecule has 7 heteroatoms. The SMILES string of the molecule is CC1(C)CSC(=NCc2ccccc2)N1C(=O)C[C@H](NC(=O)c1ccccc1Cl)c1ccccc1. The van der Waals surface area contributed by atoms with Gasteiger partial charge >= 0.3 is 0 Å². The number of thioether (sulfide) groups is 1. The second kappa shape index (κ2) is 11.1. The summed E-state index contributed by atoms with van der Waals surface area (Å²) in [6, 6.07) is 25.9. The number of carbonyl (C=O) groups excluding carboxylic acids is 2. The number of aliphatic imine (C=N–C) groups is 1. The summed E-state index contributed by atoms with van der Waals surface area (Å²) < 4.78 is 0. The number of benzene rings is 3. The van der Waals surface area contributed by atoms with E-state index in [2.05, 4.69) is 5.32 Å². The Bertz CT molecular complexity index is 1220. The van der Waals surface area contributed by atoms with Crippen LogP contribution >= 0.6 is 23.4 Å². The molecule has 0 unspecified atom stereocenters. The molecule has 1 heterocycles. The van der Waals surface area contributed by atoms with Crippen LogP contribution in [0.15, 0.2) is 89.9 Å². The van der Waals surface area contributed by atoms with Crippen LogP contribution in [0.5, 0.6) is 0 Å². The van der Waals surface area contributed by atoms with Gasteiger partial charge in [-0.25, -0.2) is 0 Å². The Hall–Kier alpha value is -3.09. The highest BCUT2D eigenvalue weighted by atomic mass is 35.5. The molecular formula is C28H28ClN3O2S. The number of carbonyl (C=O) groups is 2. The van der Waals surface area contributed by atoms with Crippen molar-refractivity contribution in [3.63, 3.8) is 0 Å². The molecule has 3 aromatic rings. The van der Waals surface area contributed by atoms with Crippen molar-refractivity contribution in [1.29, 1.82) is 0 Å². The molecule has 1 saturated heterocycles. The van der Waals surface area contributed by atoms with Gasteiger partial charge < -0.3 is 5.32 Å². The fourth-order valence-corrected chi connectivity index (χ4v) is 5.48. The van der Waals surface area contributed by atoms with E-state index in [9.17, 15) is 9.59 Å². The summed E-state index contributed by atoms with van der Waals surface area (Å²) in [6.45, 7) is 4.60. The highest BCUT2D eigenvalue weighted by molar-refractivity contribution is 8.14. The number of hydrogen-bond acceptors (Lipinski definition) is 4. The molecule has 0 saturated carbocycles. The average molecular weight is 506 g/mol. The number of amidine groups is 1. The fourth-order valence-electron chi connectivity index (χ4n) is 4.02. The van der Waals surface area contributed by atoms with Gasteiger partial charge in [-0.15, -0.1) is 0 Å². The summed E-state index contributed by atoms with van der Waals surface area (Å²) in [6.07, 6.45) is 0.106. The van der Waals surface area contributed by atoms with Crippen molar-refractivity contribution in [2.75, 3.05) is 5.75 Å². The Morgan fingerprint density at radius 3 is 2.31 bits per heavy atom. The van der Waals surface area contributed by atoms with Crippen LogP contribution in [-0.2, 0) is 11.3 Å². The fraction of sp³-hybridized carbons (Fsp3) is 0.250. The molecular weight excluding hydrogens is 478 g/mol.